The van der Waals surface area contributed by atoms with E-state index in [0.29, 0.717) is 6.42 Å². The molecule has 0 aromatic heterocycles. The molecule has 0 aliphatic carbocycles. The van der Waals surface area contributed by atoms with Gasteiger partial charge >= 0.3 is 0 Å². The van der Waals surface area contributed by atoms with Gasteiger partial charge in [-0.3, -0.25) is 0 Å². The van der Waals surface area contributed by atoms with E-state index >= 15 is 0 Å². The van der Waals surface area contributed by atoms with Crippen molar-refractivity contribution in [3.63, 3.8) is 0 Å². The maximum atomic E-state index is 12.0. The molecule has 0 bridgehead atoms. The average molecular weight is 248 g/mol. The maximum Gasteiger partial charge on any atom is 0.238 e. The molecular formula is C16H18F2. The van der Waals surface area contributed by atoms with Crippen LogP contribution in [0.2, 0.25) is 0 Å². The van der Waals surface area contributed by atoms with Crippen LogP contribution in [-0.4, -0.2) is 6.43 Å². The minimum absolute atomic E-state index is 0.0372. The zero-order valence-corrected chi connectivity index (χ0v) is 10.4. The van der Waals surface area contributed by atoms with Crippen LogP contribution in [0.4, 0.5) is 8.78 Å². The van der Waals surface area contributed by atoms with Gasteiger partial charge in [0, 0.05) is 6.42 Å². The molecule has 2 aromatic carbocycles. The number of benzene rings is 2. The molecule has 0 aliphatic rings. The lowest BCUT2D eigenvalue weighted by molar-refractivity contribution is 0.134. The molecule has 0 spiro atoms. The predicted octanol–water partition coefficient (Wildman–Crippen LogP) is 5.21. The SMILES string of the molecule is FC(F)CCCCCc1cccc2ccccc12. The molecule has 18 heavy (non-hydrogen) atoms. The van der Waals surface area contributed by atoms with Gasteiger partial charge < -0.3 is 0 Å². The first-order valence-corrected chi connectivity index (χ1v) is 6.52. The quantitative estimate of drug-likeness (QED) is 0.616. The minimum atomic E-state index is -2.15. The van der Waals surface area contributed by atoms with Crippen molar-refractivity contribution in [3.8, 4) is 0 Å². The van der Waals surface area contributed by atoms with Crippen molar-refractivity contribution in [1.82, 2.24) is 0 Å². The van der Waals surface area contributed by atoms with Gasteiger partial charge in [0.15, 0.2) is 0 Å². The second-order valence-electron chi connectivity index (χ2n) is 4.63. The van der Waals surface area contributed by atoms with E-state index < -0.39 is 6.43 Å². The fraction of sp³-hybridized carbons (Fsp3) is 0.375. The van der Waals surface area contributed by atoms with E-state index in [0.717, 1.165) is 19.3 Å². The smallest absolute Gasteiger partial charge is 0.211 e. The van der Waals surface area contributed by atoms with Crippen LogP contribution in [-0.2, 0) is 6.42 Å². The van der Waals surface area contributed by atoms with Gasteiger partial charge in [0.25, 0.3) is 0 Å². The first kappa shape index (κ1) is 13.0. The van der Waals surface area contributed by atoms with Crippen molar-refractivity contribution in [2.75, 3.05) is 0 Å². The standard InChI is InChI=1S/C16H18F2/c17-16(18)12-3-1-2-7-13-9-6-10-14-8-4-5-11-15(13)14/h4-6,8-11,16H,1-3,7,12H2. The van der Waals surface area contributed by atoms with Crippen LogP contribution in [0.25, 0.3) is 10.8 Å². The lowest BCUT2D eigenvalue weighted by Gasteiger charge is -2.06. The topological polar surface area (TPSA) is 0 Å². The molecule has 2 aromatic rings. The number of hydrogen-bond acceptors (Lipinski definition) is 0. The summed E-state index contributed by atoms with van der Waals surface area (Å²) in [6.07, 6.45) is 1.36. The Bertz CT molecular complexity index is 486. The van der Waals surface area contributed by atoms with Gasteiger partial charge in [-0.05, 0) is 35.6 Å². The lowest BCUT2D eigenvalue weighted by Crippen LogP contribution is -1.92. The van der Waals surface area contributed by atoms with Crippen LogP contribution in [0.15, 0.2) is 42.5 Å². The molecule has 0 fully saturated rings. The van der Waals surface area contributed by atoms with Crippen LogP contribution in [0.1, 0.15) is 31.2 Å². The van der Waals surface area contributed by atoms with Gasteiger partial charge in [-0.1, -0.05) is 48.9 Å². The Morgan fingerprint density at radius 3 is 2.44 bits per heavy atom. The molecule has 2 heteroatoms. The van der Waals surface area contributed by atoms with Crippen LogP contribution >= 0.6 is 0 Å². The minimum Gasteiger partial charge on any atom is -0.211 e. The van der Waals surface area contributed by atoms with E-state index in [1.807, 2.05) is 12.1 Å². The zero-order chi connectivity index (χ0) is 12.8. The fourth-order valence-electron chi connectivity index (χ4n) is 2.30. The largest absolute Gasteiger partial charge is 0.238 e. The molecule has 0 saturated carbocycles. The molecule has 0 aliphatic heterocycles. The molecule has 0 nitrogen and oxygen atoms in total. The molecule has 0 amide bonds. The number of hydrogen-bond donors (Lipinski definition) is 0. The third-order valence-corrected chi connectivity index (χ3v) is 3.25. The molecule has 0 saturated heterocycles. The molecule has 0 heterocycles. The van der Waals surface area contributed by atoms with Crippen LogP contribution in [0, 0.1) is 0 Å². The Morgan fingerprint density at radius 2 is 1.61 bits per heavy atom. The number of unbranched alkanes of at least 4 members (excludes halogenated alkanes) is 2. The summed E-state index contributed by atoms with van der Waals surface area (Å²) in [6.45, 7) is 0. The summed E-state index contributed by atoms with van der Waals surface area (Å²) in [5, 5.41) is 2.54. The Kier molecular flexibility index (Phi) is 4.68. The van der Waals surface area contributed by atoms with Gasteiger partial charge in [-0.25, -0.2) is 8.78 Å². The second kappa shape index (κ2) is 6.48. The molecule has 0 atom stereocenters. The Balaban J connectivity index is 1.91. The van der Waals surface area contributed by atoms with Gasteiger partial charge in [0.05, 0.1) is 0 Å². The average Bonchev–Trinajstić information content (AvgIpc) is 2.38. The summed E-state index contributed by atoms with van der Waals surface area (Å²) < 4.78 is 24.0. The van der Waals surface area contributed by atoms with Crippen LogP contribution in [0.3, 0.4) is 0 Å². The summed E-state index contributed by atoms with van der Waals surface area (Å²) in [5.41, 5.74) is 1.32. The highest BCUT2D eigenvalue weighted by Gasteiger charge is 2.03. The van der Waals surface area contributed by atoms with Crippen molar-refractivity contribution in [2.45, 2.75) is 38.5 Å². The molecule has 2 rings (SSSR count). The summed E-state index contributed by atoms with van der Waals surface area (Å²) >= 11 is 0. The van der Waals surface area contributed by atoms with E-state index in [4.69, 9.17) is 0 Å². The highest BCUT2D eigenvalue weighted by Crippen LogP contribution is 2.20. The van der Waals surface area contributed by atoms with E-state index in [9.17, 15) is 8.78 Å². The Labute approximate surface area is 107 Å². The van der Waals surface area contributed by atoms with E-state index in [2.05, 4.69) is 30.3 Å². The summed E-state index contributed by atoms with van der Waals surface area (Å²) in [4.78, 5) is 0. The van der Waals surface area contributed by atoms with Gasteiger partial charge in [0.2, 0.25) is 6.43 Å². The highest BCUT2D eigenvalue weighted by molar-refractivity contribution is 5.85. The van der Waals surface area contributed by atoms with E-state index in [1.54, 1.807) is 0 Å². The fourth-order valence-corrected chi connectivity index (χ4v) is 2.30. The molecule has 0 radical (unpaired) electrons. The van der Waals surface area contributed by atoms with Gasteiger partial charge in [-0.2, -0.15) is 0 Å². The van der Waals surface area contributed by atoms with Crippen LogP contribution in [0.5, 0.6) is 0 Å². The first-order chi connectivity index (χ1) is 8.77. The van der Waals surface area contributed by atoms with Crippen molar-refractivity contribution in [3.05, 3.63) is 48.0 Å². The first-order valence-electron chi connectivity index (χ1n) is 6.52. The molecule has 0 unspecified atom stereocenters. The van der Waals surface area contributed by atoms with Crippen molar-refractivity contribution in [2.24, 2.45) is 0 Å². The maximum absolute atomic E-state index is 12.0. The highest BCUT2D eigenvalue weighted by atomic mass is 19.3. The molecule has 0 N–H and O–H groups in total. The number of fused-ring (bicyclic) bond motifs is 1. The van der Waals surface area contributed by atoms with Crippen molar-refractivity contribution in [1.29, 1.82) is 0 Å². The molecular weight excluding hydrogens is 230 g/mol. The number of halogens is 2. The monoisotopic (exact) mass is 248 g/mol. The lowest BCUT2D eigenvalue weighted by atomic mass is 9.99. The van der Waals surface area contributed by atoms with Gasteiger partial charge in [0.1, 0.15) is 0 Å². The zero-order valence-electron chi connectivity index (χ0n) is 10.4. The Hall–Kier alpha value is -1.44. The number of aryl methyl sites for hydroxylation is 1. The van der Waals surface area contributed by atoms with Crippen LogP contribution < -0.4 is 0 Å². The Morgan fingerprint density at radius 1 is 0.833 bits per heavy atom. The van der Waals surface area contributed by atoms with E-state index in [1.165, 1.54) is 16.3 Å². The number of rotatable bonds is 6. The molecule has 96 valence electrons. The van der Waals surface area contributed by atoms with E-state index in [-0.39, 0.29) is 6.42 Å². The summed E-state index contributed by atoms with van der Waals surface area (Å²) in [6, 6.07) is 14.6. The summed E-state index contributed by atoms with van der Waals surface area (Å²) in [7, 11) is 0. The third-order valence-electron chi connectivity index (χ3n) is 3.25. The van der Waals surface area contributed by atoms with Crippen molar-refractivity contribution < 1.29 is 8.78 Å². The van der Waals surface area contributed by atoms with Gasteiger partial charge in [-0.15, -0.1) is 0 Å². The summed E-state index contributed by atoms with van der Waals surface area (Å²) in [5.74, 6) is 0. The number of alkyl halides is 2. The van der Waals surface area contributed by atoms with Crippen molar-refractivity contribution >= 4 is 10.8 Å². The predicted molar refractivity (Wildman–Crippen MR) is 72.1 cm³/mol. The normalized spacial score (nSPS) is 11.3. The second-order valence-corrected chi connectivity index (χ2v) is 4.63. The third kappa shape index (κ3) is 3.52.